The summed E-state index contributed by atoms with van der Waals surface area (Å²) in [6.07, 6.45) is 3.37. The van der Waals surface area contributed by atoms with Crippen LogP contribution in [0.3, 0.4) is 0 Å². The van der Waals surface area contributed by atoms with Crippen molar-refractivity contribution in [2.45, 2.75) is 76.7 Å². The molecule has 0 N–H and O–H groups in total. The monoisotopic (exact) mass is 404 g/mol. The average molecular weight is 404 g/mol. The number of carbonyl (C=O) groups excluding carboxylic acids is 3. The van der Waals surface area contributed by atoms with E-state index in [2.05, 4.69) is 13.8 Å². The van der Waals surface area contributed by atoms with Gasteiger partial charge in [0.1, 0.15) is 23.4 Å². The fourth-order valence-corrected chi connectivity index (χ4v) is 5.97. The van der Waals surface area contributed by atoms with E-state index in [1.54, 1.807) is 6.92 Å². The van der Waals surface area contributed by atoms with Crippen molar-refractivity contribution in [3.8, 4) is 0 Å². The first-order valence-electron chi connectivity index (χ1n) is 9.96. The molecular formula is C21H24O8. The van der Waals surface area contributed by atoms with E-state index in [1.165, 1.54) is 19.3 Å². The summed E-state index contributed by atoms with van der Waals surface area (Å²) in [5.74, 6) is -1.90. The Kier molecular flexibility index (Phi) is 3.62. The average Bonchev–Trinajstić information content (AvgIpc) is 2.99. The molecule has 4 fully saturated rings. The van der Waals surface area contributed by atoms with E-state index >= 15 is 0 Å². The van der Waals surface area contributed by atoms with Gasteiger partial charge in [-0.2, -0.15) is 0 Å². The van der Waals surface area contributed by atoms with Crippen molar-refractivity contribution < 1.29 is 38.1 Å². The second-order valence-corrected chi connectivity index (χ2v) is 9.18. The number of fused-ring (bicyclic) bond motifs is 1. The van der Waals surface area contributed by atoms with Crippen LogP contribution in [-0.4, -0.2) is 47.6 Å². The SMILES string of the molecule is CC(=O)OC1C2/C(=C\OC3C=C(C)C(=O)O3)C(=O)OC2C23OC12CCCC3(C)C. The number of hydrogen-bond acceptors (Lipinski definition) is 8. The van der Waals surface area contributed by atoms with Gasteiger partial charge in [-0.1, -0.05) is 13.8 Å². The molecule has 6 unspecified atom stereocenters. The van der Waals surface area contributed by atoms with Crippen LogP contribution < -0.4 is 0 Å². The molecule has 0 amide bonds. The van der Waals surface area contributed by atoms with Crippen LogP contribution in [0.15, 0.2) is 23.5 Å². The predicted octanol–water partition coefficient (Wildman–Crippen LogP) is 1.92. The van der Waals surface area contributed by atoms with Crippen molar-refractivity contribution in [1.82, 2.24) is 0 Å². The standard InChI is InChI=1S/C21H24O8/c1-10-8-13(27-17(10)23)25-9-12-14-15(26-11(2)22)20-7-5-6-19(3,4)21(20,29-20)16(14)28-18(12)24/h8-9,13-16H,5-7H2,1-4H3/b12-9+. The Bertz CT molecular complexity index is 885. The smallest absolute Gasteiger partial charge is 0.338 e. The zero-order valence-electron chi connectivity index (χ0n) is 16.9. The minimum absolute atomic E-state index is 0.236. The summed E-state index contributed by atoms with van der Waals surface area (Å²) in [6, 6.07) is 0. The zero-order valence-corrected chi connectivity index (χ0v) is 16.9. The van der Waals surface area contributed by atoms with E-state index in [1.807, 2.05) is 0 Å². The van der Waals surface area contributed by atoms with Crippen LogP contribution in [-0.2, 0) is 38.1 Å². The van der Waals surface area contributed by atoms with Crippen molar-refractivity contribution in [3.05, 3.63) is 23.5 Å². The lowest BCUT2D eigenvalue weighted by Gasteiger charge is -2.38. The van der Waals surface area contributed by atoms with Crippen molar-refractivity contribution in [3.63, 3.8) is 0 Å². The van der Waals surface area contributed by atoms with E-state index in [4.69, 9.17) is 23.7 Å². The molecule has 5 rings (SSSR count). The maximum Gasteiger partial charge on any atom is 0.338 e. The van der Waals surface area contributed by atoms with Crippen molar-refractivity contribution >= 4 is 17.9 Å². The first-order chi connectivity index (χ1) is 13.6. The minimum atomic E-state index is -0.892. The van der Waals surface area contributed by atoms with Crippen LogP contribution in [0.4, 0.5) is 0 Å². The molecule has 2 saturated carbocycles. The van der Waals surface area contributed by atoms with E-state index in [0.717, 1.165) is 19.3 Å². The van der Waals surface area contributed by atoms with Crippen LogP contribution in [0, 0.1) is 11.3 Å². The van der Waals surface area contributed by atoms with Gasteiger partial charge in [-0.25, -0.2) is 9.59 Å². The Labute approximate surface area is 168 Å². The number of ether oxygens (including phenoxy) is 5. The second kappa shape index (κ2) is 5.62. The second-order valence-electron chi connectivity index (χ2n) is 9.18. The van der Waals surface area contributed by atoms with Crippen LogP contribution in [0.2, 0.25) is 0 Å². The maximum atomic E-state index is 12.7. The van der Waals surface area contributed by atoms with E-state index in [-0.39, 0.29) is 11.0 Å². The Morgan fingerprint density at radius 3 is 2.62 bits per heavy atom. The molecule has 0 aromatic rings. The summed E-state index contributed by atoms with van der Waals surface area (Å²) in [6.45, 7) is 7.20. The number of cyclic esters (lactones) is 1. The Morgan fingerprint density at radius 2 is 1.97 bits per heavy atom. The van der Waals surface area contributed by atoms with Gasteiger partial charge in [-0.05, 0) is 26.2 Å². The van der Waals surface area contributed by atoms with Gasteiger partial charge in [0.15, 0.2) is 0 Å². The highest BCUT2D eigenvalue weighted by molar-refractivity contribution is 5.93. The lowest BCUT2D eigenvalue weighted by atomic mass is 9.64. The highest BCUT2D eigenvalue weighted by Crippen LogP contribution is 2.76. The molecule has 8 nitrogen and oxygen atoms in total. The summed E-state index contributed by atoms with van der Waals surface area (Å²) < 4.78 is 28.5. The third-order valence-corrected chi connectivity index (χ3v) is 7.18. The molecule has 0 aromatic heterocycles. The molecule has 0 radical (unpaired) electrons. The largest absolute Gasteiger partial charge is 0.459 e. The Morgan fingerprint density at radius 1 is 1.21 bits per heavy atom. The van der Waals surface area contributed by atoms with Gasteiger partial charge in [0.2, 0.25) is 0 Å². The first kappa shape index (κ1) is 18.7. The quantitative estimate of drug-likeness (QED) is 0.231. The van der Waals surface area contributed by atoms with Gasteiger partial charge in [-0.3, -0.25) is 4.79 Å². The lowest BCUT2D eigenvalue weighted by molar-refractivity contribution is -0.155. The fraction of sp³-hybridized carbons (Fsp3) is 0.667. The third kappa shape index (κ3) is 2.21. The number of hydrogen-bond donors (Lipinski definition) is 0. The molecule has 3 heterocycles. The molecule has 6 atom stereocenters. The third-order valence-electron chi connectivity index (χ3n) is 7.18. The molecule has 0 spiro atoms. The van der Waals surface area contributed by atoms with Crippen LogP contribution >= 0.6 is 0 Å². The summed E-state index contributed by atoms with van der Waals surface area (Å²) in [5.41, 5.74) is -0.835. The van der Waals surface area contributed by atoms with Crippen molar-refractivity contribution in [2.75, 3.05) is 0 Å². The molecule has 156 valence electrons. The van der Waals surface area contributed by atoms with Gasteiger partial charge in [0.25, 0.3) is 6.29 Å². The Hall–Kier alpha value is -2.35. The summed E-state index contributed by atoms with van der Waals surface area (Å²) in [5, 5.41) is 0. The number of rotatable bonds is 3. The van der Waals surface area contributed by atoms with E-state index < -0.39 is 53.5 Å². The molecule has 5 aliphatic rings. The molecule has 2 aliphatic carbocycles. The highest BCUT2D eigenvalue weighted by atomic mass is 16.7. The van der Waals surface area contributed by atoms with Gasteiger partial charge in [0, 0.05) is 24.0 Å². The molecule has 8 heteroatoms. The van der Waals surface area contributed by atoms with E-state index in [0.29, 0.717) is 5.57 Å². The maximum absolute atomic E-state index is 12.7. The van der Waals surface area contributed by atoms with E-state index in [9.17, 15) is 14.4 Å². The normalized spacial score (nSPS) is 45.0. The van der Waals surface area contributed by atoms with Crippen molar-refractivity contribution in [2.24, 2.45) is 11.3 Å². The molecule has 0 aromatic carbocycles. The van der Waals surface area contributed by atoms with Gasteiger partial charge < -0.3 is 23.7 Å². The highest BCUT2D eigenvalue weighted by Gasteiger charge is 2.92. The van der Waals surface area contributed by atoms with Gasteiger partial charge in [-0.15, -0.1) is 0 Å². The fourth-order valence-electron chi connectivity index (χ4n) is 5.97. The van der Waals surface area contributed by atoms with Gasteiger partial charge in [0.05, 0.1) is 17.8 Å². The Balaban J connectivity index is 1.51. The number of carbonyl (C=O) groups is 3. The van der Waals surface area contributed by atoms with Crippen molar-refractivity contribution in [1.29, 1.82) is 0 Å². The summed E-state index contributed by atoms with van der Waals surface area (Å²) in [7, 11) is 0. The van der Waals surface area contributed by atoms with Gasteiger partial charge >= 0.3 is 17.9 Å². The zero-order chi connectivity index (χ0) is 20.8. The number of esters is 3. The molecule has 0 bridgehead atoms. The number of epoxide rings is 1. The lowest BCUT2D eigenvalue weighted by Crippen LogP contribution is -2.49. The van der Waals surface area contributed by atoms with Crippen LogP contribution in [0.5, 0.6) is 0 Å². The van der Waals surface area contributed by atoms with Crippen LogP contribution in [0.1, 0.15) is 47.0 Å². The summed E-state index contributed by atoms with van der Waals surface area (Å²) >= 11 is 0. The molecular weight excluding hydrogens is 380 g/mol. The minimum Gasteiger partial charge on any atom is -0.459 e. The predicted molar refractivity (Wildman–Crippen MR) is 95.9 cm³/mol. The van der Waals surface area contributed by atoms with Crippen LogP contribution in [0.25, 0.3) is 0 Å². The molecule has 3 aliphatic heterocycles. The first-order valence-corrected chi connectivity index (χ1v) is 9.96. The molecule has 2 saturated heterocycles. The molecule has 29 heavy (non-hydrogen) atoms. The summed E-state index contributed by atoms with van der Waals surface area (Å²) in [4.78, 5) is 36.1. The topological polar surface area (TPSA) is 101 Å².